The van der Waals surface area contributed by atoms with Gasteiger partial charge in [0, 0.05) is 36.8 Å². The number of amides is 1. The van der Waals surface area contributed by atoms with Crippen LogP contribution in [0.2, 0.25) is 10.0 Å². The van der Waals surface area contributed by atoms with Crippen molar-refractivity contribution in [3.8, 4) is 16.9 Å². The average molecular weight is 505 g/mol. The van der Waals surface area contributed by atoms with Gasteiger partial charge in [-0.1, -0.05) is 47.5 Å². The third-order valence-corrected chi connectivity index (χ3v) is 7.13. The summed E-state index contributed by atoms with van der Waals surface area (Å²) in [6.07, 6.45) is 0. The molecule has 35 heavy (non-hydrogen) atoms. The summed E-state index contributed by atoms with van der Waals surface area (Å²) in [5.41, 5.74) is 6.49. The molecule has 1 aliphatic rings. The second-order valence-corrected chi connectivity index (χ2v) is 9.68. The molecule has 1 amide bonds. The number of carbonyl (C=O) groups excluding carboxylic acids is 1. The summed E-state index contributed by atoms with van der Waals surface area (Å²) in [5.74, 6) is -0.0404. The third kappa shape index (κ3) is 4.79. The fraction of sp³-hybridized carbons (Fsp3) is 0.214. The summed E-state index contributed by atoms with van der Waals surface area (Å²) < 4.78 is 1.73. The van der Waals surface area contributed by atoms with E-state index in [0.29, 0.717) is 36.9 Å². The first-order valence-corrected chi connectivity index (χ1v) is 12.4. The van der Waals surface area contributed by atoms with Gasteiger partial charge in [0.2, 0.25) is 0 Å². The Bertz CT molecular complexity index is 1370. The smallest absolute Gasteiger partial charge is 0.272 e. The van der Waals surface area contributed by atoms with Crippen molar-refractivity contribution in [2.45, 2.75) is 13.8 Å². The van der Waals surface area contributed by atoms with Crippen molar-refractivity contribution >= 4 is 34.8 Å². The molecule has 5 rings (SSSR count). The quantitative estimate of drug-likeness (QED) is 0.321. The minimum atomic E-state index is -0.0404. The Morgan fingerprint density at radius 3 is 2.23 bits per heavy atom. The Kier molecular flexibility index (Phi) is 6.54. The highest BCUT2D eigenvalue weighted by Crippen LogP contribution is 2.28. The zero-order valence-electron chi connectivity index (χ0n) is 19.7. The van der Waals surface area contributed by atoms with Crippen LogP contribution in [-0.4, -0.2) is 46.8 Å². The minimum absolute atomic E-state index is 0.0404. The average Bonchev–Trinajstić information content (AvgIpc) is 3.32. The number of benzene rings is 3. The molecule has 2 heterocycles. The summed E-state index contributed by atoms with van der Waals surface area (Å²) in [5, 5.41) is 6.21. The first-order valence-electron chi connectivity index (χ1n) is 11.6. The van der Waals surface area contributed by atoms with Crippen molar-refractivity contribution in [2.75, 3.05) is 31.1 Å². The molecule has 0 atom stereocenters. The van der Waals surface area contributed by atoms with Gasteiger partial charge in [0.25, 0.3) is 5.91 Å². The predicted molar refractivity (Wildman–Crippen MR) is 143 cm³/mol. The summed E-state index contributed by atoms with van der Waals surface area (Å²) in [4.78, 5) is 17.8. The highest BCUT2D eigenvalue weighted by molar-refractivity contribution is 6.33. The van der Waals surface area contributed by atoms with Crippen molar-refractivity contribution in [3.63, 3.8) is 0 Å². The van der Waals surface area contributed by atoms with Crippen LogP contribution in [-0.2, 0) is 0 Å². The number of aryl methyl sites for hydroxylation is 2. The highest BCUT2D eigenvalue weighted by atomic mass is 35.5. The fourth-order valence-corrected chi connectivity index (χ4v) is 4.76. The zero-order valence-corrected chi connectivity index (χ0v) is 21.2. The molecule has 0 radical (unpaired) electrons. The van der Waals surface area contributed by atoms with E-state index >= 15 is 0 Å². The first kappa shape index (κ1) is 23.5. The van der Waals surface area contributed by atoms with Crippen LogP contribution < -0.4 is 4.90 Å². The van der Waals surface area contributed by atoms with E-state index in [9.17, 15) is 4.79 Å². The summed E-state index contributed by atoms with van der Waals surface area (Å²) in [7, 11) is 0. The SMILES string of the molecule is Cc1ccc(-c2cc(C(=O)N3CCN(c4ccccc4Cl)CC3)n(-c3ccc(Cl)cc3)n2)cc1C. The van der Waals surface area contributed by atoms with E-state index in [2.05, 4.69) is 30.9 Å². The van der Waals surface area contributed by atoms with Gasteiger partial charge in [-0.25, -0.2) is 4.68 Å². The Hall–Kier alpha value is -3.28. The summed E-state index contributed by atoms with van der Waals surface area (Å²) >= 11 is 12.5. The number of hydrogen-bond donors (Lipinski definition) is 0. The van der Waals surface area contributed by atoms with E-state index in [-0.39, 0.29) is 5.91 Å². The molecule has 5 nitrogen and oxygen atoms in total. The molecule has 3 aromatic carbocycles. The van der Waals surface area contributed by atoms with Crippen molar-refractivity contribution < 1.29 is 4.79 Å². The van der Waals surface area contributed by atoms with E-state index in [0.717, 1.165) is 27.7 Å². The van der Waals surface area contributed by atoms with Crippen LogP contribution in [0.1, 0.15) is 21.6 Å². The molecule has 4 aromatic rings. The Morgan fingerprint density at radius 2 is 1.54 bits per heavy atom. The number of para-hydroxylation sites is 1. The monoisotopic (exact) mass is 504 g/mol. The molecule has 0 saturated carbocycles. The van der Waals surface area contributed by atoms with Crippen molar-refractivity contribution in [2.24, 2.45) is 0 Å². The van der Waals surface area contributed by atoms with Gasteiger partial charge in [0.05, 0.1) is 22.1 Å². The molecule has 1 fully saturated rings. The number of carbonyl (C=O) groups is 1. The molecule has 1 aliphatic heterocycles. The Morgan fingerprint density at radius 1 is 0.829 bits per heavy atom. The number of nitrogens with zero attached hydrogens (tertiary/aromatic N) is 4. The van der Waals surface area contributed by atoms with Gasteiger partial charge in [-0.3, -0.25) is 4.79 Å². The van der Waals surface area contributed by atoms with E-state index < -0.39 is 0 Å². The molecular formula is C28H26Cl2N4O. The van der Waals surface area contributed by atoms with E-state index in [4.69, 9.17) is 28.3 Å². The topological polar surface area (TPSA) is 41.4 Å². The van der Waals surface area contributed by atoms with Crippen LogP contribution >= 0.6 is 23.2 Å². The van der Waals surface area contributed by atoms with E-state index in [1.807, 2.05) is 65.6 Å². The molecule has 0 aliphatic carbocycles. The Balaban J connectivity index is 1.45. The third-order valence-electron chi connectivity index (χ3n) is 6.56. The zero-order chi connectivity index (χ0) is 24.5. The lowest BCUT2D eigenvalue weighted by molar-refractivity contribution is 0.0737. The lowest BCUT2D eigenvalue weighted by atomic mass is 10.0. The molecule has 7 heteroatoms. The summed E-state index contributed by atoms with van der Waals surface area (Å²) in [6, 6.07) is 23.3. The maximum atomic E-state index is 13.7. The normalized spacial score (nSPS) is 13.8. The van der Waals surface area contributed by atoms with Crippen LogP contribution in [0.15, 0.2) is 72.8 Å². The number of aromatic nitrogens is 2. The van der Waals surface area contributed by atoms with Gasteiger partial charge in [-0.15, -0.1) is 0 Å². The maximum absolute atomic E-state index is 13.7. The second-order valence-electron chi connectivity index (χ2n) is 8.83. The fourth-order valence-electron chi connectivity index (χ4n) is 4.38. The van der Waals surface area contributed by atoms with Gasteiger partial charge in [0.1, 0.15) is 5.69 Å². The van der Waals surface area contributed by atoms with E-state index in [1.165, 1.54) is 11.1 Å². The molecule has 0 unspecified atom stereocenters. The molecule has 1 saturated heterocycles. The number of halogens is 2. The van der Waals surface area contributed by atoms with Crippen LogP contribution in [0.25, 0.3) is 16.9 Å². The predicted octanol–water partition coefficient (Wildman–Crippen LogP) is 6.43. The van der Waals surface area contributed by atoms with Crippen LogP contribution in [0.3, 0.4) is 0 Å². The van der Waals surface area contributed by atoms with Crippen molar-refractivity contribution in [3.05, 3.63) is 99.7 Å². The van der Waals surface area contributed by atoms with Gasteiger partial charge >= 0.3 is 0 Å². The van der Waals surface area contributed by atoms with Gasteiger partial charge in [-0.2, -0.15) is 5.10 Å². The maximum Gasteiger partial charge on any atom is 0.272 e. The largest absolute Gasteiger partial charge is 0.367 e. The number of rotatable bonds is 4. The van der Waals surface area contributed by atoms with Gasteiger partial charge in [0.15, 0.2) is 0 Å². The second kappa shape index (κ2) is 9.76. The number of piperazine rings is 1. The molecule has 1 aromatic heterocycles. The van der Waals surface area contributed by atoms with Crippen molar-refractivity contribution in [1.29, 1.82) is 0 Å². The highest BCUT2D eigenvalue weighted by Gasteiger charge is 2.27. The van der Waals surface area contributed by atoms with Gasteiger partial charge < -0.3 is 9.80 Å². The van der Waals surface area contributed by atoms with Crippen LogP contribution in [0.5, 0.6) is 0 Å². The molecule has 0 spiro atoms. The van der Waals surface area contributed by atoms with Crippen LogP contribution in [0.4, 0.5) is 5.69 Å². The summed E-state index contributed by atoms with van der Waals surface area (Å²) in [6.45, 7) is 6.81. The van der Waals surface area contributed by atoms with E-state index in [1.54, 1.807) is 4.68 Å². The molecular weight excluding hydrogens is 479 g/mol. The van der Waals surface area contributed by atoms with Gasteiger partial charge in [-0.05, 0) is 73.5 Å². The Labute approximate surface area is 215 Å². The van der Waals surface area contributed by atoms with Crippen molar-refractivity contribution in [1.82, 2.24) is 14.7 Å². The lowest BCUT2D eigenvalue weighted by Gasteiger charge is -2.36. The van der Waals surface area contributed by atoms with Crippen LogP contribution in [0, 0.1) is 13.8 Å². The number of anilines is 1. The number of hydrogen-bond acceptors (Lipinski definition) is 3. The molecule has 178 valence electrons. The standard InChI is InChI=1S/C28H26Cl2N4O/c1-19-7-8-21(17-20(19)2)25-18-27(34(31-25)23-11-9-22(29)10-12-23)28(35)33-15-13-32(14-16-33)26-6-4-3-5-24(26)30/h3-12,17-18H,13-16H2,1-2H3. The minimum Gasteiger partial charge on any atom is -0.367 e. The first-order chi connectivity index (χ1) is 16.9. The molecule has 0 N–H and O–H groups in total. The lowest BCUT2D eigenvalue weighted by Crippen LogP contribution is -2.49. The molecule has 0 bridgehead atoms.